The van der Waals surface area contributed by atoms with Crippen LogP contribution in [-0.4, -0.2) is 42.2 Å². The molecule has 0 saturated heterocycles. The number of aliphatic hydroxyl groups is 1. The Labute approximate surface area is 78.9 Å². The van der Waals surface area contributed by atoms with E-state index in [-0.39, 0.29) is 12.5 Å². The molecule has 0 radical (unpaired) electrons. The van der Waals surface area contributed by atoms with E-state index in [1.807, 2.05) is 6.92 Å². The van der Waals surface area contributed by atoms with Crippen molar-refractivity contribution in [3.05, 3.63) is 0 Å². The Morgan fingerprint density at radius 1 is 1.54 bits per heavy atom. The molecule has 0 bridgehead atoms. The van der Waals surface area contributed by atoms with Crippen molar-refractivity contribution in [3.8, 4) is 0 Å². The summed E-state index contributed by atoms with van der Waals surface area (Å²) in [5, 5.41) is 8.68. The second-order valence-corrected chi connectivity index (χ2v) is 2.83. The van der Waals surface area contributed by atoms with Crippen LogP contribution < -0.4 is 11.3 Å². The summed E-state index contributed by atoms with van der Waals surface area (Å²) in [5.74, 6) is 4.79. The van der Waals surface area contributed by atoms with E-state index in [0.29, 0.717) is 13.0 Å². The maximum atomic E-state index is 10.7. The molecule has 0 aromatic heterocycles. The first-order valence-electron chi connectivity index (χ1n) is 4.57. The number of aliphatic hydroxyl groups excluding tert-OH is 1. The molecule has 0 fully saturated rings. The van der Waals surface area contributed by atoms with Gasteiger partial charge in [-0.25, -0.2) is 5.84 Å². The first-order valence-corrected chi connectivity index (χ1v) is 4.57. The topological polar surface area (TPSA) is 78.6 Å². The molecule has 1 amide bonds. The van der Waals surface area contributed by atoms with Crippen LogP contribution in [0, 0.1) is 0 Å². The highest BCUT2D eigenvalue weighted by molar-refractivity contribution is 5.75. The molecule has 5 nitrogen and oxygen atoms in total. The van der Waals surface area contributed by atoms with E-state index in [2.05, 4.69) is 10.3 Å². The molecular weight excluding hydrogens is 170 g/mol. The highest BCUT2D eigenvalue weighted by Gasteiger charge is 2.02. The second-order valence-electron chi connectivity index (χ2n) is 2.83. The van der Waals surface area contributed by atoms with Crippen molar-refractivity contribution >= 4 is 5.91 Å². The van der Waals surface area contributed by atoms with E-state index in [9.17, 15) is 4.79 Å². The van der Waals surface area contributed by atoms with E-state index < -0.39 is 0 Å². The Morgan fingerprint density at radius 3 is 2.69 bits per heavy atom. The molecule has 0 aromatic carbocycles. The number of nitrogens with one attached hydrogen (secondary N) is 1. The van der Waals surface area contributed by atoms with Crippen LogP contribution in [0.15, 0.2) is 0 Å². The van der Waals surface area contributed by atoms with Gasteiger partial charge in [0.2, 0.25) is 5.91 Å². The van der Waals surface area contributed by atoms with E-state index in [1.54, 1.807) is 0 Å². The quantitative estimate of drug-likeness (QED) is 0.275. The number of likely N-dealkylation sites (N-methyl/N-ethyl adjacent to an activating group) is 1. The van der Waals surface area contributed by atoms with Crippen molar-refractivity contribution in [3.63, 3.8) is 0 Å². The maximum absolute atomic E-state index is 10.7. The predicted molar refractivity (Wildman–Crippen MR) is 50.8 cm³/mol. The monoisotopic (exact) mass is 189 g/mol. The van der Waals surface area contributed by atoms with E-state index in [4.69, 9.17) is 10.9 Å². The molecule has 13 heavy (non-hydrogen) atoms. The lowest BCUT2D eigenvalue weighted by Crippen LogP contribution is -2.32. The second kappa shape index (κ2) is 7.97. The summed E-state index contributed by atoms with van der Waals surface area (Å²) < 4.78 is 0. The molecule has 0 spiro atoms. The van der Waals surface area contributed by atoms with Crippen LogP contribution >= 0.6 is 0 Å². The van der Waals surface area contributed by atoms with Crippen molar-refractivity contribution in [2.24, 2.45) is 5.84 Å². The molecule has 0 aromatic rings. The van der Waals surface area contributed by atoms with Gasteiger partial charge in [-0.15, -0.1) is 0 Å². The van der Waals surface area contributed by atoms with Crippen molar-refractivity contribution in [1.29, 1.82) is 0 Å². The normalized spacial score (nSPS) is 10.5. The molecular formula is C8H19N3O2. The number of hydrogen-bond donors (Lipinski definition) is 3. The average molecular weight is 189 g/mol. The fraction of sp³-hybridized carbons (Fsp3) is 0.875. The molecule has 0 heterocycles. The predicted octanol–water partition coefficient (Wildman–Crippen LogP) is -0.929. The van der Waals surface area contributed by atoms with Gasteiger partial charge in [-0.3, -0.25) is 10.2 Å². The van der Waals surface area contributed by atoms with Gasteiger partial charge in [0.25, 0.3) is 0 Å². The standard InChI is InChI=1S/C8H19N3O2/c1-2-11(6-7-12)5-3-4-8(13)10-9/h12H,2-7,9H2,1H3,(H,10,13). The van der Waals surface area contributed by atoms with Gasteiger partial charge in [-0.05, 0) is 19.5 Å². The summed E-state index contributed by atoms with van der Waals surface area (Å²) in [5.41, 5.74) is 2.08. The SMILES string of the molecule is CCN(CCO)CCCC(=O)NN. The third-order valence-electron chi connectivity index (χ3n) is 1.90. The fourth-order valence-corrected chi connectivity index (χ4v) is 1.10. The fourth-order valence-electron chi connectivity index (χ4n) is 1.10. The number of nitrogens with zero attached hydrogens (tertiary/aromatic N) is 1. The third-order valence-corrected chi connectivity index (χ3v) is 1.90. The Bertz CT molecular complexity index is 141. The number of hydrazine groups is 1. The van der Waals surface area contributed by atoms with Gasteiger partial charge in [0.1, 0.15) is 0 Å². The van der Waals surface area contributed by atoms with Crippen LogP contribution in [0.5, 0.6) is 0 Å². The Kier molecular flexibility index (Phi) is 7.57. The number of hydrogen-bond acceptors (Lipinski definition) is 4. The number of amides is 1. The van der Waals surface area contributed by atoms with Crippen LogP contribution in [0.4, 0.5) is 0 Å². The van der Waals surface area contributed by atoms with Gasteiger partial charge in [0.05, 0.1) is 6.61 Å². The van der Waals surface area contributed by atoms with E-state index >= 15 is 0 Å². The lowest BCUT2D eigenvalue weighted by Gasteiger charge is -2.18. The number of carbonyl (C=O) groups excluding carboxylic acids is 1. The van der Waals surface area contributed by atoms with Crippen molar-refractivity contribution in [1.82, 2.24) is 10.3 Å². The highest BCUT2D eigenvalue weighted by atomic mass is 16.3. The van der Waals surface area contributed by atoms with Crippen LogP contribution in [-0.2, 0) is 4.79 Å². The molecule has 0 aliphatic heterocycles. The van der Waals surface area contributed by atoms with Crippen LogP contribution in [0.1, 0.15) is 19.8 Å². The molecule has 0 rings (SSSR count). The van der Waals surface area contributed by atoms with Gasteiger partial charge in [-0.2, -0.15) is 0 Å². The largest absolute Gasteiger partial charge is 0.395 e. The van der Waals surface area contributed by atoms with E-state index in [1.165, 1.54) is 0 Å². The summed E-state index contributed by atoms with van der Waals surface area (Å²) in [4.78, 5) is 12.8. The van der Waals surface area contributed by atoms with Crippen molar-refractivity contribution in [2.75, 3.05) is 26.2 Å². The Morgan fingerprint density at radius 2 is 2.23 bits per heavy atom. The average Bonchev–Trinajstić information content (AvgIpc) is 2.16. The zero-order chi connectivity index (χ0) is 10.1. The Hall–Kier alpha value is -0.650. The zero-order valence-electron chi connectivity index (χ0n) is 8.12. The molecule has 0 saturated carbocycles. The number of rotatable bonds is 7. The third kappa shape index (κ3) is 6.51. The zero-order valence-corrected chi connectivity index (χ0v) is 8.12. The summed E-state index contributed by atoms with van der Waals surface area (Å²) in [6.07, 6.45) is 1.22. The van der Waals surface area contributed by atoms with Crippen LogP contribution in [0.3, 0.4) is 0 Å². The first-order chi connectivity index (χ1) is 6.24. The molecule has 0 unspecified atom stereocenters. The van der Waals surface area contributed by atoms with Crippen molar-refractivity contribution < 1.29 is 9.90 Å². The molecule has 0 atom stereocenters. The summed E-state index contributed by atoms with van der Waals surface area (Å²) in [6, 6.07) is 0. The lowest BCUT2D eigenvalue weighted by atomic mass is 10.3. The van der Waals surface area contributed by atoms with Gasteiger partial charge >= 0.3 is 0 Å². The van der Waals surface area contributed by atoms with Gasteiger partial charge in [0, 0.05) is 13.0 Å². The molecule has 78 valence electrons. The van der Waals surface area contributed by atoms with Crippen LogP contribution in [0.25, 0.3) is 0 Å². The minimum atomic E-state index is -0.139. The van der Waals surface area contributed by atoms with Crippen LogP contribution in [0.2, 0.25) is 0 Å². The summed E-state index contributed by atoms with van der Waals surface area (Å²) in [6.45, 7) is 4.58. The minimum absolute atomic E-state index is 0.139. The van der Waals surface area contributed by atoms with Crippen molar-refractivity contribution in [2.45, 2.75) is 19.8 Å². The number of nitrogens with two attached hydrogens (primary N) is 1. The van der Waals surface area contributed by atoms with E-state index in [0.717, 1.165) is 19.5 Å². The number of carbonyl (C=O) groups is 1. The minimum Gasteiger partial charge on any atom is -0.395 e. The lowest BCUT2D eigenvalue weighted by molar-refractivity contribution is -0.121. The van der Waals surface area contributed by atoms with Gasteiger partial charge < -0.3 is 10.0 Å². The summed E-state index contributed by atoms with van der Waals surface area (Å²) in [7, 11) is 0. The van der Waals surface area contributed by atoms with Gasteiger partial charge in [0.15, 0.2) is 0 Å². The first kappa shape index (κ1) is 12.3. The van der Waals surface area contributed by atoms with Gasteiger partial charge in [-0.1, -0.05) is 6.92 Å². The molecule has 5 heteroatoms. The molecule has 0 aliphatic rings. The Balaban J connectivity index is 3.42. The smallest absolute Gasteiger partial charge is 0.233 e. The molecule has 0 aliphatic carbocycles. The molecule has 4 N–H and O–H groups in total. The highest BCUT2D eigenvalue weighted by Crippen LogP contribution is 1.94. The maximum Gasteiger partial charge on any atom is 0.233 e. The summed E-state index contributed by atoms with van der Waals surface area (Å²) >= 11 is 0.